The highest BCUT2D eigenvalue weighted by Crippen LogP contribution is 2.18. The largest absolute Gasteiger partial charge is 0.393 e. The summed E-state index contributed by atoms with van der Waals surface area (Å²) in [5.41, 5.74) is 0. The number of aliphatic hydroxyl groups is 1. The van der Waals surface area contributed by atoms with E-state index in [1.807, 2.05) is 11.9 Å². The van der Waals surface area contributed by atoms with Crippen LogP contribution in [0.25, 0.3) is 0 Å². The number of carbonyl (C=O) groups is 1. The van der Waals surface area contributed by atoms with E-state index in [0.717, 1.165) is 19.4 Å². The number of rotatable bonds is 6. The Labute approximate surface area is 85.3 Å². The molecule has 4 heteroatoms. The first kappa shape index (κ1) is 11.5. The van der Waals surface area contributed by atoms with Crippen LogP contribution >= 0.6 is 0 Å². The molecular formula is C10H20N2O2. The van der Waals surface area contributed by atoms with Crippen LogP contribution in [0.15, 0.2) is 0 Å². The SMILES string of the molecule is CC(O)CCN(C)CC(=O)NC1CC1. The van der Waals surface area contributed by atoms with E-state index in [4.69, 9.17) is 5.11 Å². The van der Waals surface area contributed by atoms with Crippen LogP contribution in [0.2, 0.25) is 0 Å². The Bertz CT molecular complexity index is 191. The Balaban J connectivity index is 2.05. The molecule has 82 valence electrons. The normalized spacial score (nSPS) is 18.3. The molecule has 0 radical (unpaired) electrons. The summed E-state index contributed by atoms with van der Waals surface area (Å²) >= 11 is 0. The van der Waals surface area contributed by atoms with Crippen molar-refractivity contribution in [2.24, 2.45) is 0 Å². The maximum Gasteiger partial charge on any atom is 0.234 e. The van der Waals surface area contributed by atoms with Gasteiger partial charge in [-0.15, -0.1) is 0 Å². The molecule has 1 amide bonds. The van der Waals surface area contributed by atoms with Gasteiger partial charge in [-0.2, -0.15) is 0 Å². The summed E-state index contributed by atoms with van der Waals surface area (Å²) in [6, 6.07) is 0.438. The van der Waals surface area contributed by atoms with Crippen molar-refractivity contribution in [1.82, 2.24) is 10.2 Å². The van der Waals surface area contributed by atoms with Crippen molar-refractivity contribution in [1.29, 1.82) is 0 Å². The van der Waals surface area contributed by atoms with E-state index in [-0.39, 0.29) is 12.0 Å². The van der Waals surface area contributed by atoms with Crippen LogP contribution in [0.3, 0.4) is 0 Å². The van der Waals surface area contributed by atoms with Gasteiger partial charge in [-0.3, -0.25) is 9.69 Å². The number of nitrogens with zero attached hydrogens (tertiary/aromatic N) is 1. The third-order valence-electron chi connectivity index (χ3n) is 2.28. The molecular weight excluding hydrogens is 180 g/mol. The zero-order valence-corrected chi connectivity index (χ0v) is 8.99. The van der Waals surface area contributed by atoms with Gasteiger partial charge in [-0.25, -0.2) is 0 Å². The van der Waals surface area contributed by atoms with Crippen LogP contribution in [0.4, 0.5) is 0 Å². The van der Waals surface area contributed by atoms with Crippen molar-refractivity contribution >= 4 is 5.91 Å². The lowest BCUT2D eigenvalue weighted by molar-refractivity contribution is -0.122. The molecule has 1 fully saturated rings. The first-order chi connectivity index (χ1) is 6.58. The lowest BCUT2D eigenvalue weighted by Crippen LogP contribution is -2.37. The molecule has 14 heavy (non-hydrogen) atoms. The quantitative estimate of drug-likeness (QED) is 0.633. The smallest absolute Gasteiger partial charge is 0.234 e. The van der Waals surface area contributed by atoms with Crippen molar-refractivity contribution in [3.63, 3.8) is 0 Å². The number of hydrogen-bond acceptors (Lipinski definition) is 3. The molecule has 0 aromatic carbocycles. The molecule has 0 aromatic heterocycles. The molecule has 1 rings (SSSR count). The second-order valence-corrected chi connectivity index (χ2v) is 4.22. The fourth-order valence-corrected chi connectivity index (χ4v) is 1.23. The number of aliphatic hydroxyl groups excluding tert-OH is 1. The molecule has 1 unspecified atom stereocenters. The first-order valence-electron chi connectivity index (χ1n) is 5.24. The average molecular weight is 200 g/mol. The molecule has 1 atom stereocenters. The second-order valence-electron chi connectivity index (χ2n) is 4.22. The maximum absolute atomic E-state index is 11.3. The van der Waals surface area contributed by atoms with Crippen LogP contribution in [-0.2, 0) is 4.79 Å². The van der Waals surface area contributed by atoms with Gasteiger partial charge in [0, 0.05) is 12.6 Å². The van der Waals surface area contributed by atoms with Crippen molar-refractivity contribution in [2.45, 2.75) is 38.3 Å². The van der Waals surface area contributed by atoms with Gasteiger partial charge in [0.25, 0.3) is 0 Å². The fraction of sp³-hybridized carbons (Fsp3) is 0.900. The van der Waals surface area contributed by atoms with E-state index >= 15 is 0 Å². The highest BCUT2D eigenvalue weighted by Gasteiger charge is 2.23. The van der Waals surface area contributed by atoms with E-state index < -0.39 is 0 Å². The second kappa shape index (κ2) is 5.32. The molecule has 0 saturated heterocycles. The number of hydrogen-bond donors (Lipinski definition) is 2. The van der Waals surface area contributed by atoms with Crippen molar-refractivity contribution in [3.8, 4) is 0 Å². The molecule has 0 heterocycles. The fourth-order valence-electron chi connectivity index (χ4n) is 1.23. The maximum atomic E-state index is 11.3. The van der Waals surface area contributed by atoms with E-state index in [1.165, 1.54) is 0 Å². The van der Waals surface area contributed by atoms with Crippen molar-refractivity contribution in [2.75, 3.05) is 20.1 Å². The van der Waals surface area contributed by atoms with Gasteiger partial charge >= 0.3 is 0 Å². The highest BCUT2D eigenvalue weighted by molar-refractivity contribution is 5.78. The topological polar surface area (TPSA) is 52.6 Å². The minimum absolute atomic E-state index is 0.0978. The predicted octanol–water partition coefficient (Wildman–Crippen LogP) is -0.0323. The highest BCUT2D eigenvalue weighted by atomic mass is 16.3. The predicted molar refractivity (Wildman–Crippen MR) is 55.0 cm³/mol. The Morgan fingerprint density at radius 1 is 1.64 bits per heavy atom. The Kier molecular flexibility index (Phi) is 4.35. The zero-order valence-electron chi connectivity index (χ0n) is 8.99. The Hall–Kier alpha value is -0.610. The van der Waals surface area contributed by atoms with Gasteiger partial charge in [0.2, 0.25) is 5.91 Å². The average Bonchev–Trinajstić information content (AvgIpc) is 2.84. The molecule has 1 aliphatic rings. The summed E-state index contributed by atoms with van der Waals surface area (Å²) < 4.78 is 0. The van der Waals surface area contributed by atoms with Crippen LogP contribution in [0.5, 0.6) is 0 Å². The summed E-state index contributed by atoms with van der Waals surface area (Å²) in [6.07, 6.45) is 2.68. The van der Waals surface area contributed by atoms with Crippen LogP contribution in [-0.4, -0.2) is 48.2 Å². The van der Waals surface area contributed by atoms with E-state index in [2.05, 4.69) is 5.32 Å². The minimum atomic E-state index is -0.288. The summed E-state index contributed by atoms with van der Waals surface area (Å²) in [4.78, 5) is 13.3. The Morgan fingerprint density at radius 2 is 2.29 bits per heavy atom. The van der Waals surface area contributed by atoms with Gasteiger partial charge in [0.15, 0.2) is 0 Å². The molecule has 0 aromatic rings. The molecule has 4 nitrogen and oxygen atoms in total. The van der Waals surface area contributed by atoms with Crippen LogP contribution < -0.4 is 5.32 Å². The summed E-state index contributed by atoms with van der Waals surface area (Å²) in [6.45, 7) is 2.96. The molecule has 1 saturated carbocycles. The van der Waals surface area contributed by atoms with Gasteiger partial charge < -0.3 is 10.4 Å². The van der Waals surface area contributed by atoms with Gasteiger partial charge in [0.1, 0.15) is 0 Å². The molecule has 0 aliphatic heterocycles. The van der Waals surface area contributed by atoms with Gasteiger partial charge in [-0.05, 0) is 33.2 Å². The minimum Gasteiger partial charge on any atom is -0.393 e. The zero-order chi connectivity index (χ0) is 10.6. The number of amides is 1. The summed E-state index contributed by atoms with van der Waals surface area (Å²) in [5.74, 6) is 0.0978. The summed E-state index contributed by atoms with van der Waals surface area (Å²) in [5, 5.41) is 12.0. The molecule has 2 N–H and O–H groups in total. The third-order valence-corrected chi connectivity index (χ3v) is 2.28. The molecule has 0 spiro atoms. The Morgan fingerprint density at radius 3 is 2.79 bits per heavy atom. The lowest BCUT2D eigenvalue weighted by atomic mass is 10.3. The van der Waals surface area contributed by atoms with Crippen molar-refractivity contribution < 1.29 is 9.90 Å². The molecule has 1 aliphatic carbocycles. The van der Waals surface area contributed by atoms with Crippen LogP contribution in [0, 0.1) is 0 Å². The first-order valence-corrected chi connectivity index (χ1v) is 5.24. The molecule has 0 bridgehead atoms. The standard InChI is InChI=1S/C10H20N2O2/c1-8(13)5-6-12(2)7-10(14)11-9-3-4-9/h8-9,13H,3-7H2,1-2H3,(H,11,14). The van der Waals surface area contributed by atoms with E-state index in [1.54, 1.807) is 6.92 Å². The van der Waals surface area contributed by atoms with E-state index in [0.29, 0.717) is 19.0 Å². The van der Waals surface area contributed by atoms with Gasteiger partial charge in [-0.1, -0.05) is 0 Å². The third kappa shape index (κ3) is 5.19. The number of likely N-dealkylation sites (N-methyl/N-ethyl adjacent to an activating group) is 1. The van der Waals surface area contributed by atoms with Gasteiger partial charge in [0.05, 0.1) is 12.6 Å². The lowest BCUT2D eigenvalue weighted by Gasteiger charge is -2.16. The summed E-state index contributed by atoms with van der Waals surface area (Å²) in [7, 11) is 1.90. The number of carbonyl (C=O) groups excluding carboxylic acids is 1. The monoisotopic (exact) mass is 200 g/mol. The number of nitrogens with one attached hydrogen (secondary N) is 1. The van der Waals surface area contributed by atoms with E-state index in [9.17, 15) is 4.79 Å². The van der Waals surface area contributed by atoms with Crippen LogP contribution in [0.1, 0.15) is 26.2 Å². The van der Waals surface area contributed by atoms with Crippen molar-refractivity contribution in [3.05, 3.63) is 0 Å².